The number of nitrogens with zero attached hydrogens (tertiary/aromatic N) is 1. The quantitative estimate of drug-likeness (QED) is 0.459. The van der Waals surface area contributed by atoms with Gasteiger partial charge in [0.1, 0.15) is 11.5 Å². The first-order chi connectivity index (χ1) is 13.3. The van der Waals surface area contributed by atoms with Crippen molar-refractivity contribution >= 4 is 21.9 Å². The summed E-state index contributed by atoms with van der Waals surface area (Å²) in [6, 6.07) is 12.7. The van der Waals surface area contributed by atoms with E-state index < -0.39 is 38.2 Å². The number of hydrogen-bond donors (Lipinski definition) is 4. The van der Waals surface area contributed by atoms with Crippen molar-refractivity contribution in [3.63, 3.8) is 0 Å². The lowest BCUT2D eigenvalue weighted by Crippen LogP contribution is -2.41. The van der Waals surface area contributed by atoms with Crippen LogP contribution in [0, 0.1) is 5.82 Å². The fourth-order valence-electron chi connectivity index (χ4n) is 2.27. The van der Waals surface area contributed by atoms with E-state index in [9.17, 15) is 22.4 Å². The lowest BCUT2D eigenvalue weighted by molar-refractivity contribution is 0.0691. The highest BCUT2D eigenvalue weighted by molar-refractivity contribution is 7.89. The number of amides is 1. The Morgan fingerprint density at radius 3 is 2.46 bits per heavy atom. The number of aromatic amines is 1. The molecule has 0 radical (unpaired) electrons. The summed E-state index contributed by atoms with van der Waals surface area (Å²) in [7, 11) is -4.33. The number of carboxylic acid groups (broad SMARTS) is 1. The maximum atomic E-state index is 13.4. The molecule has 11 heteroatoms. The molecule has 0 saturated heterocycles. The van der Waals surface area contributed by atoms with Gasteiger partial charge in [-0.05, 0) is 24.3 Å². The zero-order valence-corrected chi connectivity index (χ0v) is 14.8. The summed E-state index contributed by atoms with van der Waals surface area (Å²) >= 11 is 0. The van der Waals surface area contributed by atoms with Gasteiger partial charge in [-0.25, -0.2) is 17.6 Å². The van der Waals surface area contributed by atoms with Crippen LogP contribution in [0.25, 0.3) is 11.3 Å². The Balaban J connectivity index is 1.73. The molecule has 2 aromatic carbocycles. The van der Waals surface area contributed by atoms with Crippen LogP contribution in [0.3, 0.4) is 0 Å². The second-order valence-corrected chi connectivity index (χ2v) is 7.22. The molecule has 9 nitrogen and oxygen atoms in total. The van der Waals surface area contributed by atoms with E-state index in [-0.39, 0.29) is 5.69 Å². The van der Waals surface area contributed by atoms with Crippen LogP contribution in [0.15, 0.2) is 59.5 Å². The molecular weight excluding hydrogens is 391 g/mol. The first kappa shape index (κ1) is 19.2. The van der Waals surface area contributed by atoms with Gasteiger partial charge in [0.15, 0.2) is 0 Å². The summed E-state index contributed by atoms with van der Waals surface area (Å²) in [5.74, 6) is -3.52. The van der Waals surface area contributed by atoms with E-state index in [4.69, 9.17) is 5.11 Å². The van der Waals surface area contributed by atoms with Crippen molar-refractivity contribution in [1.29, 1.82) is 0 Å². The minimum absolute atomic E-state index is 0.00751. The average Bonchev–Trinajstić information content (AvgIpc) is 3.17. The lowest BCUT2D eigenvalue weighted by atomic mass is 10.1. The van der Waals surface area contributed by atoms with Crippen molar-refractivity contribution in [3.8, 4) is 11.3 Å². The number of sulfonamides is 1. The molecule has 0 aliphatic carbocycles. The molecule has 1 heterocycles. The number of rotatable bonds is 6. The first-order valence-electron chi connectivity index (χ1n) is 7.74. The standard InChI is InChI=1S/C17H13FN4O5S/c18-13-7-6-11(8-12(13)17(24)25)28(26,27)22-21-16(23)15-9-14(19-20-15)10-4-2-1-3-5-10/h1-9,22H,(H,19,20)(H,21,23)(H,24,25). The highest BCUT2D eigenvalue weighted by Gasteiger charge is 2.20. The first-order valence-corrected chi connectivity index (χ1v) is 9.22. The van der Waals surface area contributed by atoms with Gasteiger partial charge in [-0.3, -0.25) is 15.3 Å². The Labute approximate surface area is 158 Å². The Kier molecular flexibility index (Phi) is 5.20. The van der Waals surface area contributed by atoms with Crippen LogP contribution in [-0.2, 0) is 10.0 Å². The zero-order chi connectivity index (χ0) is 20.3. The van der Waals surface area contributed by atoms with Gasteiger partial charge in [0.05, 0.1) is 16.2 Å². The van der Waals surface area contributed by atoms with Crippen LogP contribution in [0.5, 0.6) is 0 Å². The molecule has 4 N–H and O–H groups in total. The number of nitrogens with one attached hydrogen (secondary N) is 3. The van der Waals surface area contributed by atoms with E-state index >= 15 is 0 Å². The van der Waals surface area contributed by atoms with E-state index in [1.165, 1.54) is 6.07 Å². The number of H-pyrrole nitrogens is 1. The fourth-order valence-corrected chi connectivity index (χ4v) is 3.14. The molecule has 1 aromatic heterocycles. The molecule has 0 unspecified atom stereocenters. The highest BCUT2D eigenvalue weighted by atomic mass is 32.2. The van der Waals surface area contributed by atoms with Crippen LogP contribution in [0.1, 0.15) is 20.8 Å². The van der Waals surface area contributed by atoms with Crippen molar-refractivity contribution in [3.05, 3.63) is 71.7 Å². The number of carboxylic acids is 1. The van der Waals surface area contributed by atoms with Crippen molar-refractivity contribution in [2.45, 2.75) is 4.90 Å². The summed E-state index contributed by atoms with van der Waals surface area (Å²) in [4.78, 5) is 24.4. The largest absolute Gasteiger partial charge is 0.478 e. The lowest BCUT2D eigenvalue weighted by Gasteiger charge is -2.08. The number of benzene rings is 2. The fraction of sp³-hybridized carbons (Fsp3) is 0. The molecule has 0 atom stereocenters. The number of aromatic carboxylic acids is 1. The predicted octanol–water partition coefficient (Wildman–Crippen LogP) is 1.54. The van der Waals surface area contributed by atoms with Crippen LogP contribution < -0.4 is 10.3 Å². The summed E-state index contributed by atoms with van der Waals surface area (Å²) in [6.45, 7) is 0. The molecule has 3 rings (SSSR count). The summed E-state index contributed by atoms with van der Waals surface area (Å²) in [6.07, 6.45) is 0. The molecule has 0 aliphatic heterocycles. The van der Waals surface area contributed by atoms with Crippen molar-refractivity contribution in [2.75, 3.05) is 0 Å². The Hall–Kier alpha value is -3.57. The van der Waals surface area contributed by atoms with Gasteiger partial charge in [0.25, 0.3) is 15.9 Å². The average molecular weight is 404 g/mol. The zero-order valence-electron chi connectivity index (χ0n) is 14.0. The molecule has 0 saturated carbocycles. The topological polar surface area (TPSA) is 141 Å². The number of hydrogen-bond acceptors (Lipinski definition) is 5. The van der Waals surface area contributed by atoms with Crippen LogP contribution in [-0.4, -0.2) is 35.6 Å². The van der Waals surface area contributed by atoms with Crippen molar-refractivity contribution in [1.82, 2.24) is 20.5 Å². The third-order valence-corrected chi connectivity index (χ3v) is 4.91. The molecular formula is C17H13FN4O5S. The second-order valence-electron chi connectivity index (χ2n) is 5.54. The van der Waals surface area contributed by atoms with Gasteiger partial charge in [0, 0.05) is 5.56 Å². The Morgan fingerprint density at radius 2 is 1.79 bits per heavy atom. The third-order valence-electron chi connectivity index (χ3n) is 3.67. The van der Waals surface area contributed by atoms with E-state index in [0.29, 0.717) is 17.8 Å². The van der Waals surface area contributed by atoms with Gasteiger partial charge in [0.2, 0.25) is 0 Å². The molecule has 28 heavy (non-hydrogen) atoms. The highest BCUT2D eigenvalue weighted by Crippen LogP contribution is 2.17. The number of carbonyl (C=O) groups excluding carboxylic acids is 1. The number of carbonyl (C=O) groups is 2. The SMILES string of the molecule is O=C(NNS(=O)(=O)c1ccc(F)c(C(=O)O)c1)c1cc(-c2ccccc2)n[nH]1. The van der Waals surface area contributed by atoms with Gasteiger partial charge in [-0.2, -0.15) is 5.10 Å². The Morgan fingerprint density at radius 1 is 1.07 bits per heavy atom. The third kappa shape index (κ3) is 4.05. The minimum atomic E-state index is -4.33. The summed E-state index contributed by atoms with van der Waals surface area (Å²) in [5, 5.41) is 15.4. The Bertz CT molecular complexity index is 1150. The molecule has 0 aliphatic rings. The minimum Gasteiger partial charge on any atom is -0.478 e. The normalized spacial score (nSPS) is 11.2. The summed E-state index contributed by atoms with van der Waals surface area (Å²) in [5.41, 5.74) is 2.40. The van der Waals surface area contributed by atoms with E-state index in [0.717, 1.165) is 11.6 Å². The van der Waals surface area contributed by atoms with E-state index in [1.807, 2.05) is 16.3 Å². The molecule has 144 valence electrons. The van der Waals surface area contributed by atoms with E-state index in [2.05, 4.69) is 10.2 Å². The van der Waals surface area contributed by atoms with Gasteiger partial charge in [-0.15, -0.1) is 4.83 Å². The predicted molar refractivity (Wildman–Crippen MR) is 95.2 cm³/mol. The monoisotopic (exact) mass is 404 g/mol. The number of halogens is 1. The number of aromatic nitrogens is 2. The van der Waals surface area contributed by atoms with Gasteiger partial charge in [-0.1, -0.05) is 30.3 Å². The smallest absolute Gasteiger partial charge is 0.338 e. The number of hydrazine groups is 1. The van der Waals surface area contributed by atoms with E-state index in [1.54, 1.807) is 24.3 Å². The van der Waals surface area contributed by atoms with Gasteiger partial charge >= 0.3 is 5.97 Å². The molecule has 0 bridgehead atoms. The van der Waals surface area contributed by atoms with Crippen molar-refractivity contribution in [2.24, 2.45) is 0 Å². The molecule has 1 amide bonds. The maximum absolute atomic E-state index is 13.4. The molecule has 0 spiro atoms. The van der Waals surface area contributed by atoms with Gasteiger partial charge < -0.3 is 5.11 Å². The van der Waals surface area contributed by atoms with Crippen LogP contribution >= 0.6 is 0 Å². The van der Waals surface area contributed by atoms with Crippen LogP contribution in [0.2, 0.25) is 0 Å². The van der Waals surface area contributed by atoms with Crippen molar-refractivity contribution < 1.29 is 27.5 Å². The maximum Gasteiger partial charge on any atom is 0.338 e. The van der Waals surface area contributed by atoms with Crippen LogP contribution in [0.4, 0.5) is 4.39 Å². The molecule has 0 fully saturated rings. The summed E-state index contributed by atoms with van der Waals surface area (Å²) < 4.78 is 37.8. The second kappa shape index (κ2) is 7.58. The molecule has 3 aromatic rings.